The largest absolute Gasteiger partial charge is 0.507 e. The number of benzene rings is 3. The van der Waals surface area contributed by atoms with Gasteiger partial charge >= 0.3 is 0 Å². The number of anilines is 1. The van der Waals surface area contributed by atoms with Crippen molar-refractivity contribution in [1.82, 2.24) is 9.29 Å². The van der Waals surface area contributed by atoms with Gasteiger partial charge < -0.3 is 10.4 Å². The van der Waals surface area contributed by atoms with Crippen molar-refractivity contribution < 1.29 is 18.3 Å². The molecule has 0 spiro atoms. The minimum Gasteiger partial charge on any atom is -0.507 e. The number of aromatic hydroxyl groups is 1. The summed E-state index contributed by atoms with van der Waals surface area (Å²) in [4.78, 5) is 17.7. The number of carbonyl (C=O) groups is 1. The highest BCUT2D eigenvalue weighted by atomic mass is 35.5. The fourth-order valence-corrected chi connectivity index (χ4v) is 6.80. The summed E-state index contributed by atoms with van der Waals surface area (Å²) in [6.45, 7) is 0.443. The Morgan fingerprint density at radius 3 is 2.63 bits per heavy atom. The van der Waals surface area contributed by atoms with Crippen LogP contribution in [0.2, 0.25) is 5.02 Å². The van der Waals surface area contributed by atoms with E-state index in [-0.39, 0.29) is 23.1 Å². The number of nitrogens with one attached hydrogen (secondary N) is 1. The molecule has 1 aliphatic rings. The predicted octanol–water partition coefficient (Wildman–Crippen LogP) is 5.36. The van der Waals surface area contributed by atoms with Crippen molar-refractivity contribution in [2.24, 2.45) is 5.92 Å². The first-order chi connectivity index (χ1) is 16.8. The SMILES string of the molecule is O=C(Nc1ccc(-c2nc3ccccc3s2)c(O)c1)C1CCCN(S(=O)(=O)c2ccc(Cl)cc2)C1. The molecule has 0 aliphatic carbocycles. The van der Waals surface area contributed by atoms with Crippen LogP contribution in [0, 0.1) is 5.92 Å². The van der Waals surface area contributed by atoms with Crippen LogP contribution < -0.4 is 5.32 Å². The number of amides is 1. The van der Waals surface area contributed by atoms with Crippen LogP contribution in [0.15, 0.2) is 71.6 Å². The zero-order valence-corrected chi connectivity index (χ0v) is 20.9. The molecule has 7 nitrogen and oxygen atoms in total. The maximum absolute atomic E-state index is 13.0. The van der Waals surface area contributed by atoms with Crippen molar-refractivity contribution in [1.29, 1.82) is 0 Å². The number of phenolic OH excluding ortho intramolecular Hbond substituents is 1. The summed E-state index contributed by atoms with van der Waals surface area (Å²) >= 11 is 7.36. The number of carbonyl (C=O) groups excluding carboxylic acids is 1. The summed E-state index contributed by atoms with van der Waals surface area (Å²) in [5, 5.41) is 14.6. The third-order valence-corrected chi connectivity index (χ3v) is 9.20. The molecular weight excluding hydrogens is 506 g/mol. The average Bonchev–Trinajstić information content (AvgIpc) is 3.28. The van der Waals surface area contributed by atoms with Crippen molar-refractivity contribution in [3.63, 3.8) is 0 Å². The molecule has 1 aliphatic heterocycles. The van der Waals surface area contributed by atoms with Crippen molar-refractivity contribution in [2.75, 3.05) is 18.4 Å². The molecule has 5 rings (SSSR count). The van der Waals surface area contributed by atoms with Gasteiger partial charge in [-0.1, -0.05) is 23.7 Å². The number of fused-ring (bicyclic) bond motifs is 1. The lowest BCUT2D eigenvalue weighted by atomic mass is 9.98. The normalized spacial score (nSPS) is 16.9. The lowest BCUT2D eigenvalue weighted by Crippen LogP contribution is -2.43. The molecule has 1 aromatic heterocycles. The van der Waals surface area contributed by atoms with Crippen molar-refractivity contribution in [2.45, 2.75) is 17.7 Å². The number of aromatic nitrogens is 1. The number of piperidine rings is 1. The van der Waals surface area contributed by atoms with E-state index in [9.17, 15) is 18.3 Å². The fraction of sp³-hybridized carbons (Fsp3) is 0.200. The fourth-order valence-electron chi connectivity index (χ4n) is 4.15. The van der Waals surface area contributed by atoms with Gasteiger partial charge in [-0.3, -0.25) is 4.79 Å². The number of hydrogen-bond donors (Lipinski definition) is 2. The number of halogens is 1. The number of sulfonamides is 1. The molecule has 3 aromatic carbocycles. The minimum atomic E-state index is -3.72. The molecule has 1 saturated heterocycles. The molecule has 4 aromatic rings. The smallest absolute Gasteiger partial charge is 0.243 e. The molecule has 35 heavy (non-hydrogen) atoms. The van der Waals surface area contributed by atoms with Gasteiger partial charge in [-0.05, 0) is 61.4 Å². The molecule has 2 heterocycles. The highest BCUT2D eigenvalue weighted by Gasteiger charge is 2.33. The molecule has 2 N–H and O–H groups in total. The van der Waals surface area contributed by atoms with Crippen molar-refractivity contribution >= 4 is 54.8 Å². The molecule has 180 valence electrons. The van der Waals surface area contributed by atoms with Gasteiger partial charge in [0.1, 0.15) is 10.8 Å². The van der Waals surface area contributed by atoms with Gasteiger partial charge in [0.15, 0.2) is 0 Å². The number of rotatable bonds is 5. The Morgan fingerprint density at radius 1 is 1.11 bits per heavy atom. The molecule has 0 radical (unpaired) electrons. The Kier molecular flexibility index (Phi) is 6.50. The first-order valence-electron chi connectivity index (χ1n) is 11.1. The third kappa shape index (κ3) is 4.90. The van der Waals surface area contributed by atoms with Crippen LogP contribution in [0.5, 0.6) is 5.75 Å². The molecule has 10 heteroatoms. The molecule has 1 amide bonds. The molecule has 1 atom stereocenters. The van der Waals surface area contributed by atoms with E-state index in [2.05, 4.69) is 10.3 Å². The van der Waals surface area contributed by atoms with Crippen LogP contribution >= 0.6 is 22.9 Å². The van der Waals surface area contributed by atoms with Crippen molar-refractivity contribution in [3.8, 4) is 16.3 Å². The lowest BCUT2D eigenvalue weighted by molar-refractivity contribution is -0.120. The third-order valence-electron chi connectivity index (χ3n) is 6.00. The van der Waals surface area contributed by atoms with E-state index >= 15 is 0 Å². The summed E-state index contributed by atoms with van der Waals surface area (Å²) in [6, 6.07) is 18.7. The Morgan fingerprint density at radius 2 is 1.89 bits per heavy atom. The van der Waals surface area contributed by atoms with Gasteiger partial charge in [-0.2, -0.15) is 4.31 Å². The summed E-state index contributed by atoms with van der Waals surface area (Å²) in [5.41, 5.74) is 1.89. The molecule has 0 saturated carbocycles. The van der Waals surface area contributed by atoms with Gasteiger partial charge in [-0.25, -0.2) is 13.4 Å². The van der Waals surface area contributed by atoms with Crippen LogP contribution in [0.1, 0.15) is 12.8 Å². The number of nitrogens with zero attached hydrogens (tertiary/aromatic N) is 2. The summed E-state index contributed by atoms with van der Waals surface area (Å²) in [5.74, 6) is -0.775. The first-order valence-corrected chi connectivity index (χ1v) is 13.7. The lowest BCUT2D eigenvalue weighted by Gasteiger charge is -2.31. The quantitative estimate of drug-likeness (QED) is 0.364. The Labute approximate surface area is 212 Å². The zero-order valence-electron chi connectivity index (χ0n) is 18.5. The molecule has 1 unspecified atom stereocenters. The van der Waals surface area contributed by atoms with E-state index in [1.807, 2.05) is 24.3 Å². The summed E-state index contributed by atoms with van der Waals surface area (Å²) in [6.07, 6.45) is 1.15. The average molecular weight is 528 g/mol. The maximum atomic E-state index is 13.0. The van der Waals surface area contributed by atoms with Gasteiger partial charge in [0, 0.05) is 29.9 Å². The zero-order chi connectivity index (χ0) is 24.6. The van der Waals surface area contributed by atoms with E-state index in [0.717, 1.165) is 10.2 Å². The number of thiazole rings is 1. The van der Waals surface area contributed by atoms with Gasteiger partial charge in [0.2, 0.25) is 15.9 Å². The first kappa shape index (κ1) is 23.7. The number of para-hydroxylation sites is 1. The standard InChI is InChI=1S/C25H22ClN3O4S2/c26-17-7-10-19(11-8-17)35(32,33)29-13-3-4-16(15-29)24(31)27-18-9-12-20(22(30)14-18)25-28-21-5-1-2-6-23(21)34-25/h1-2,5-12,14,16,30H,3-4,13,15H2,(H,27,31). The topological polar surface area (TPSA) is 99.6 Å². The highest BCUT2D eigenvalue weighted by molar-refractivity contribution is 7.89. The monoisotopic (exact) mass is 527 g/mol. The van der Waals surface area contributed by atoms with E-state index in [1.54, 1.807) is 12.1 Å². The molecular formula is C25H22ClN3O4S2. The second kappa shape index (κ2) is 9.58. The Bertz CT molecular complexity index is 1470. The number of hydrogen-bond acceptors (Lipinski definition) is 6. The predicted molar refractivity (Wildman–Crippen MR) is 138 cm³/mol. The second-order valence-corrected chi connectivity index (χ2v) is 11.8. The van der Waals surface area contributed by atoms with E-state index < -0.39 is 15.9 Å². The Hall–Kier alpha value is -2.98. The van der Waals surface area contributed by atoms with E-state index in [0.29, 0.717) is 40.7 Å². The van der Waals surface area contributed by atoms with Crippen LogP contribution in [0.25, 0.3) is 20.8 Å². The van der Waals surface area contributed by atoms with E-state index in [4.69, 9.17) is 11.6 Å². The highest BCUT2D eigenvalue weighted by Crippen LogP contribution is 2.36. The van der Waals surface area contributed by atoms with Crippen LogP contribution in [-0.2, 0) is 14.8 Å². The van der Waals surface area contributed by atoms with Gasteiger partial charge in [0.25, 0.3) is 0 Å². The summed E-state index contributed by atoms with van der Waals surface area (Å²) in [7, 11) is -3.72. The molecule has 1 fully saturated rings. The number of phenols is 1. The van der Waals surface area contributed by atoms with Crippen molar-refractivity contribution in [3.05, 3.63) is 71.8 Å². The van der Waals surface area contributed by atoms with Gasteiger partial charge in [0.05, 0.1) is 26.6 Å². The van der Waals surface area contributed by atoms with Crippen LogP contribution in [0.3, 0.4) is 0 Å². The molecule has 0 bridgehead atoms. The summed E-state index contributed by atoms with van der Waals surface area (Å²) < 4.78 is 28.4. The second-order valence-electron chi connectivity index (χ2n) is 8.36. The van der Waals surface area contributed by atoms with E-state index in [1.165, 1.54) is 46.0 Å². The van der Waals surface area contributed by atoms with Crippen LogP contribution in [-0.4, -0.2) is 41.8 Å². The minimum absolute atomic E-state index is 0.0115. The maximum Gasteiger partial charge on any atom is 0.243 e. The van der Waals surface area contributed by atoms with Crippen LogP contribution in [0.4, 0.5) is 5.69 Å². The Balaban J connectivity index is 1.29. The van der Waals surface area contributed by atoms with Gasteiger partial charge in [-0.15, -0.1) is 11.3 Å².